The van der Waals surface area contributed by atoms with E-state index in [0.29, 0.717) is 5.91 Å². The molecule has 2 saturated heterocycles. The van der Waals surface area contributed by atoms with Crippen molar-refractivity contribution in [2.24, 2.45) is 5.41 Å². The van der Waals surface area contributed by atoms with Crippen molar-refractivity contribution in [1.82, 2.24) is 10.2 Å². The maximum Gasteiger partial charge on any atom is 0.229 e. The molecule has 1 atom stereocenters. The van der Waals surface area contributed by atoms with E-state index in [1.54, 1.807) is 7.11 Å². The number of rotatable bonds is 3. The van der Waals surface area contributed by atoms with Gasteiger partial charge in [-0.25, -0.2) is 0 Å². The largest absolute Gasteiger partial charge is 0.497 e. The minimum absolute atomic E-state index is 0.234. The van der Waals surface area contributed by atoms with E-state index in [2.05, 4.69) is 36.2 Å². The van der Waals surface area contributed by atoms with Gasteiger partial charge in [0.05, 0.1) is 12.5 Å². The van der Waals surface area contributed by atoms with Crippen molar-refractivity contribution in [3.8, 4) is 5.75 Å². The van der Waals surface area contributed by atoms with Crippen LogP contribution in [0.4, 0.5) is 0 Å². The highest BCUT2D eigenvalue weighted by molar-refractivity contribution is 5.87. The number of likely N-dealkylation sites (tertiary alicyclic amines) is 1. The first-order valence-electron chi connectivity index (χ1n) is 8.24. The van der Waals surface area contributed by atoms with Gasteiger partial charge in [-0.2, -0.15) is 0 Å². The third-order valence-electron chi connectivity index (χ3n) is 5.35. The average molecular weight is 302 g/mol. The van der Waals surface area contributed by atoms with Gasteiger partial charge in [0.15, 0.2) is 0 Å². The molecule has 120 valence electrons. The molecule has 0 bridgehead atoms. The van der Waals surface area contributed by atoms with Crippen molar-refractivity contribution >= 4 is 5.91 Å². The number of nitrogens with zero attached hydrogens (tertiary/aromatic N) is 1. The number of amides is 1. The fraction of sp³-hybridized carbons (Fsp3) is 0.611. The standard InChI is InChI=1S/C18H26N2O2/c1-13(2)20-12-16(14-5-4-6-15(11-14)22-3)18(17(20)21)7-9-19-10-8-18/h4-6,11,13,16,19H,7-10,12H2,1-3H3/t16-/m1/s1. The summed E-state index contributed by atoms with van der Waals surface area (Å²) in [5.41, 5.74) is 1.000. The topological polar surface area (TPSA) is 41.6 Å². The molecule has 2 aliphatic heterocycles. The van der Waals surface area contributed by atoms with Gasteiger partial charge in [-0.05, 0) is 57.5 Å². The molecule has 4 nitrogen and oxygen atoms in total. The predicted octanol–water partition coefficient (Wildman–Crippen LogP) is 2.40. The molecular formula is C18H26N2O2. The third kappa shape index (κ3) is 2.39. The van der Waals surface area contributed by atoms with Gasteiger partial charge in [0, 0.05) is 18.5 Å². The smallest absolute Gasteiger partial charge is 0.229 e. The maximum atomic E-state index is 13.1. The van der Waals surface area contributed by atoms with E-state index < -0.39 is 0 Å². The molecule has 1 aromatic carbocycles. The van der Waals surface area contributed by atoms with Crippen LogP contribution in [0.1, 0.15) is 38.2 Å². The number of carbonyl (C=O) groups is 1. The molecule has 3 rings (SSSR count). The molecule has 0 radical (unpaired) electrons. The number of nitrogens with one attached hydrogen (secondary N) is 1. The van der Waals surface area contributed by atoms with E-state index in [4.69, 9.17) is 4.74 Å². The molecule has 2 heterocycles. The minimum Gasteiger partial charge on any atom is -0.497 e. The van der Waals surface area contributed by atoms with Gasteiger partial charge >= 0.3 is 0 Å². The monoisotopic (exact) mass is 302 g/mol. The van der Waals surface area contributed by atoms with Gasteiger partial charge in [0.1, 0.15) is 5.75 Å². The molecule has 0 aromatic heterocycles. The number of hydrogen-bond acceptors (Lipinski definition) is 3. The molecule has 1 spiro atoms. The molecule has 0 unspecified atom stereocenters. The van der Waals surface area contributed by atoms with E-state index in [9.17, 15) is 4.79 Å². The summed E-state index contributed by atoms with van der Waals surface area (Å²) in [5, 5.41) is 3.40. The lowest BCUT2D eigenvalue weighted by Gasteiger charge is -2.37. The second kappa shape index (κ2) is 5.92. The molecule has 2 fully saturated rings. The van der Waals surface area contributed by atoms with Crippen molar-refractivity contribution in [1.29, 1.82) is 0 Å². The number of ether oxygens (including phenoxy) is 1. The fourth-order valence-corrected chi connectivity index (χ4v) is 4.05. The maximum absolute atomic E-state index is 13.1. The Morgan fingerprint density at radius 2 is 2.05 bits per heavy atom. The first-order valence-corrected chi connectivity index (χ1v) is 8.24. The summed E-state index contributed by atoms with van der Waals surface area (Å²) < 4.78 is 5.38. The number of carbonyl (C=O) groups excluding carboxylic acids is 1. The molecule has 2 aliphatic rings. The Kier molecular flexibility index (Phi) is 4.13. The van der Waals surface area contributed by atoms with E-state index in [1.807, 2.05) is 12.1 Å². The van der Waals surface area contributed by atoms with Gasteiger partial charge in [0.2, 0.25) is 5.91 Å². The highest BCUT2D eigenvalue weighted by Gasteiger charge is 2.54. The minimum atomic E-state index is -0.234. The van der Waals surface area contributed by atoms with E-state index in [1.165, 1.54) is 5.56 Å². The van der Waals surface area contributed by atoms with Crippen LogP contribution in [-0.4, -0.2) is 43.6 Å². The Morgan fingerprint density at radius 1 is 1.32 bits per heavy atom. The summed E-state index contributed by atoms with van der Waals surface area (Å²) in [6.45, 7) is 6.90. The Morgan fingerprint density at radius 3 is 2.68 bits per heavy atom. The van der Waals surface area contributed by atoms with Gasteiger partial charge < -0.3 is 15.0 Å². The zero-order valence-electron chi connectivity index (χ0n) is 13.8. The molecule has 1 N–H and O–H groups in total. The van der Waals surface area contributed by atoms with Crippen molar-refractivity contribution < 1.29 is 9.53 Å². The Hall–Kier alpha value is -1.55. The van der Waals surface area contributed by atoms with Crippen LogP contribution in [-0.2, 0) is 4.79 Å². The summed E-state index contributed by atoms with van der Waals surface area (Å²) in [4.78, 5) is 15.2. The SMILES string of the molecule is COc1cccc([C@H]2CN(C(C)C)C(=O)C23CCNCC3)c1. The number of piperidine rings is 1. The van der Waals surface area contributed by atoms with Gasteiger partial charge in [0.25, 0.3) is 0 Å². The van der Waals surface area contributed by atoms with Gasteiger partial charge in [-0.1, -0.05) is 12.1 Å². The summed E-state index contributed by atoms with van der Waals surface area (Å²) >= 11 is 0. The van der Waals surface area contributed by atoms with Crippen LogP contribution in [0.15, 0.2) is 24.3 Å². The highest BCUT2D eigenvalue weighted by Crippen LogP contribution is 2.50. The number of benzene rings is 1. The Balaban J connectivity index is 2.01. The van der Waals surface area contributed by atoms with Gasteiger partial charge in [-0.15, -0.1) is 0 Å². The van der Waals surface area contributed by atoms with Crippen molar-refractivity contribution in [3.05, 3.63) is 29.8 Å². The lowest BCUT2D eigenvalue weighted by Crippen LogP contribution is -2.45. The fourth-order valence-electron chi connectivity index (χ4n) is 4.05. The van der Waals surface area contributed by atoms with E-state index in [0.717, 1.165) is 38.2 Å². The first-order chi connectivity index (χ1) is 10.6. The third-order valence-corrected chi connectivity index (χ3v) is 5.35. The highest BCUT2D eigenvalue weighted by atomic mass is 16.5. The predicted molar refractivity (Wildman–Crippen MR) is 87.1 cm³/mol. The normalized spacial score (nSPS) is 24.3. The summed E-state index contributed by atoms with van der Waals surface area (Å²) in [6, 6.07) is 8.51. The second-order valence-electron chi connectivity index (χ2n) is 6.79. The molecular weight excluding hydrogens is 276 g/mol. The number of methoxy groups -OCH3 is 1. The molecule has 0 aliphatic carbocycles. The van der Waals surface area contributed by atoms with E-state index >= 15 is 0 Å². The molecule has 4 heteroatoms. The van der Waals surface area contributed by atoms with Crippen LogP contribution in [0.3, 0.4) is 0 Å². The van der Waals surface area contributed by atoms with Crippen molar-refractivity contribution in [2.45, 2.75) is 38.6 Å². The average Bonchev–Trinajstić information content (AvgIpc) is 2.81. The van der Waals surface area contributed by atoms with Crippen LogP contribution in [0.5, 0.6) is 5.75 Å². The van der Waals surface area contributed by atoms with Gasteiger partial charge in [-0.3, -0.25) is 4.79 Å². The Labute approximate surface area is 132 Å². The lowest BCUT2D eigenvalue weighted by molar-refractivity contribution is -0.139. The summed E-state index contributed by atoms with van der Waals surface area (Å²) in [5.74, 6) is 1.48. The summed E-state index contributed by atoms with van der Waals surface area (Å²) in [6.07, 6.45) is 1.86. The molecule has 22 heavy (non-hydrogen) atoms. The lowest BCUT2D eigenvalue weighted by atomic mass is 9.68. The number of hydrogen-bond donors (Lipinski definition) is 1. The van der Waals surface area contributed by atoms with Crippen LogP contribution >= 0.6 is 0 Å². The second-order valence-corrected chi connectivity index (χ2v) is 6.79. The quantitative estimate of drug-likeness (QED) is 0.932. The van der Waals surface area contributed by atoms with Crippen LogP contribution in [0.2, 0.25) is 0 Å². The van der Waals surface area contributed by atoms with Crippen molar-refractivity contribution in [3.63, 3.8) is 0 Å². The zero-order chi connectivity index (χ0) is 15.7. The van der Waals surface area contributed by atoms with Crippen LogP contribution in [0, 0.1) is 5.41 Å². The summed E-state index contributed by atoms with van der Waals surface area (Å²) in [7, 11) is 1.69. The molecule has 1 aromatic rings. The zero-order valence-corrected chi connectivity index (χ0v) is 13.8. The van der Waals surface area contributed by atoms with Crippen LogP contribution < -0.4 is 10.1 Å². The van der Waals surface area contributed by atoms with Crippen molar-refractivity contribution in [2.75, 3.05) is 26.7 Å². The first kappa shape index (κ1) is 15.3. The van der Waals surface area contributed by atoms with E-state index in [-0.39, 0.29) is 17.4 Å². The Bertz CT molecular complexity index is 550. The molecule has 0 saturated carbocycles. The molecule has 1 amide bonds. The van der Waals surface area contributed by atoms with Crippen LogP contribution in [0.25, 0.3) is 0 Å².